The smallest absolute Gasteiger partial charge is 0.279 e. The minimum absolute atomic E-state index is 0.0280. The highest BCUT2D eigenvalue weighted by Gasteiger charge is 2.16. The molecule has 1 saturated carbocycles. The van der Waals surface area contributed by atoms with E-state index in [0.29, 0.717) is 23.8 Å². The zero-order chi connectivity index (χ0) is 14.9. The largest absolute Gasteiger partial charge is 0.336 e. The lowest BCUT2D eigenvalue weighted by Gasteiger charge is -2.18. The molecule has 1 aromatic carbocycles. The van der Waals surface area contributed by atoms with Gasteiger partial charge >= 0.3 is 0 Å². The van der Waals surface area contributed by atoms with E-state index in [1.807, 2.05) is 6.07 Å². The number of para-hydroxylation sites is 1. The summed E-state index contributed by atoms with van der Waals surface area (Å²) in [5.74, 6) is -0.0280. The van der Waals surface area contributed by atoms with Gasteiger partial charge < -0.3 is 10.6 Å². The van der Waals surface area contributed by atoms with E-state index in [4.69, 9.17) is 5.26 Å². The van der Waals surface area contributed by atoms with E-state index in [-0.39, 0.29) is 5.91 Å². The van der Waals surface area contributed by atoms with Crippen molar-refractivity contribution in [1.29, 1.82) is 5.26 Å². The summed E-state index contributed by atoms with van der Waals surface area (Å²) in [4.78, 5) is 12.0. The third-order valence-corrected chi connectivity index (χ3v) is 4.11. The van der Waals surface area contributed by atoms with Crippen molar-refractivity contribution >= 4 is 11.6 Å². The first-order valence-electron chi connectivity index (χ1n) is 7.92. The van der Waals surface area contributed by atoms with Crippen LogP contribution in [0.25, 0.3) is 0 Å². The third-order valence-electron chi connectivity index (χ3n) is 4.11. The number of benzene rings is 1. The van der Waals surface area contributed by atoms with E-state index in [0.717, 1.165) is 0 Å². The maximum atomic E-state index is 12.0. The second-order valence-electron chi connectivity index (χ2n) is 5.75. The Labute approximate surface area is 126 Å². The van der Waals surface area contributed by atoms with Crippen molar-refractivity contribution in [3.05, 3.63) is 29.8 Å². The Balaban J connectivity index is 1.80. The molecule has 0 saturated heterocycles. The summed E-state index contributed by atoms with van der Waals surface area (Å²) in [5.41, 5.74) is 1.12. The summed E-state index contributed by atoms with van der Waals surface area (Å²) in [6.07, 6.45) is 8.99. The van der Waals surface area contributed by atoms with Crippen molar-refractivity contribution in [3.8, 4) is 6.07 Å². The second-order valence-corrected chi connectivity index (χ2v) is 5.75. The molecular weight excluding hydrogens is 262 g/mol. The summed E-state index contributed by atoms with van der Waals surface area (Å²) in [7, 11) is 0. The van der Waals surface area contributed by atoms with Gasteiger partial charge in [-0.3, -0.25) is 4.79 Å². The van der Waals surface area contributed by atoms with Gasteiger partial charge in [0.2, 0.25) is 0 Å². The van der Waals surface area contributed by atoms with Crippen LogP contribution in [0.4, 0.5) is 5.69 Å². The van der Waals surface area contributed by atoms with Gasteiger partial charge in [0.25, 0.3) is 5.91 Å². The Morgan fingerprint density at radius 1 is 1.19 bits per heavy atom. The van der Waals surface area contributed by atoms with Crippen LogP contribution < -0.4 is 10.6 Å². The van der Waals surface area contributed by atoms with Gasteiger partial charge in [0, 0.05) is 0 Å². The van der Waals surface area contributed by atoms with Gasteiger partial charge in [-0.15, -0.1) is 0 Å². The zero-order valence-corrected chi connectivity index (χ0v) is 12.5. The fraction of sp³-hybridized carbons (Fsp3) is 0.529. The van der Waals surface area contributed by atoms with E-state index in [9.17, 15) is 4.79 Å². The number of amides is 1. The lowest BCUT2D eigenvalue weighted by molar-refractivity contribution is -0.680. The Morgan fingerprint density at radius 2 is 1.86 bits per heavy atom. The standard InChI is InChI=1S/C17H23N3O/c18-12-14-8-6-7-11-16(14)20-17(21)13-19-15-9-4-2-1-3-5-10-15/h6-8,11,15,19H,1-5,9-10,13H2,(H,20,21)/p+1. The fourth-order valence-corrected chi connectivity index (χ4v) is 2.89. The number of hydrogen-bond acceptors (Lipinski definition) is 2. The number of quaternary nitrogens is 1. The molecule has 4 nitrogen and oxygen atoms in total. The van der Waals surface area contributed by atoms with Crippen LogP contribution >= 0.6 is 0 Å². The first kappa shape index (κ1) is 15.5. The van der Waals surface area contributed by atoms with Crippen LogP contribution in [-0.2, 0) is 4.79 Å². The summed E-state index contributed by atoms with van der Waals surface area (Å²) >= 11 is 0. The zero-order valence-electron chi connectivity index (χ0n) is 12.5. The number of nitrogens with zero attached hydrogens (tertiary/aromatic N) is 1. The predicted octanol–water partition coefficient (Wildman–Crippen LogP) is 2.17. The van der Waals surface area contributed by atoms with Gasteiger partial charge in [-0.2, -0.15) is 5.26 Å². The normalized spacial score (nSPS) is 16.5. The number of nitriles is 1. The number of carbonyl (C=O) groups is 1. The minimum atomic E-state index is -0.0280. The summed E-state index contributed by atoms with van der Waals surface area (Å²) in [5, 5.41) is 14.0. The van der Waals surface area contributed by atoms with Gasteiger partial charge in [0.15, 0.2) is 6.54 Å². The number of nitrogens with two attached hydrogens (primary N) is 1. The summed E-state index contributed by atoms with van der Waals surface area (Å²) < 4.78 is 0. The quantitative estimate of drug-likeness (QED) is 0.890. The first-order chi connectivity index (χ1) is 10.3. The van der Waals surface area contributed by atoms with Crippen LogP contribution in [0.2, 0.25) is 0 Å². The molecule has 0 aromatic heterocycles. The van der Waals surface area contributed by atoms with Crippen molar-refractivity contribution in [3.63, 3.8) is 0 Å². The molecule has 2 rings (SSSR count). The monoisotopic (exact) mass is 286 g/mol. The van der Waals surface area contributed by atoms with Crippen LogP contribution in [0.5, 0.6) is 0 Å². The maximum absolute atomic E-state index is 12.0. The predicted molar refractivity (Wildman–Crippen MR) is 82.7 cm³/mol. The molecule has 1 amide bonds. The van der Waals surface area contributed by atoms with Gasteiger partial charge in [0.1, 0.15) is 6.07 Å². The van der Waals surface area contributed by atoms with Gasteiger partial charge in [-0.1, -0.05) is 31.4 Å². The van der Waals surface area contributed by atoms with Crippen LogP contribution in [-0.4, -0.2) is 18.5 Å². The summed E-state index contributed by atoms with van der Waals surface area (Å²) in [6, 6.07) is 9.78. The molecule has 0 unspecified atom stereocenters. The van der Waals surface area contributed by atoms with Crippen LogP contribution in [0.15, 0.2) is 24.3 Å². The van der Waals surface area contributed by atoms with E-state index in [1.165, 1.54) is 44.9 Å². The number of anilines is 1. The number of rotatable bonds is 4. The molecule has 0 bridgehead atoms. The molecule has 0 atom stereocenters. The minimum Gasteiger partial charge on any atom is -0.336 e. The van der Waals surface area contributed by atoms with Gasteiger partial charge in [-0.25, -0.2) is 0 Å². The molecular formula is C17H24N3O+. The molecule has 21 heavy (non-hydrogen) atoms. The highest BCUT2D eigenvalue weighted by atomic mass is 16.1. The van der Waals surface area contributed by atoms with E-state index in [2.05, 4.69) is 16.7 Å². The Morgan fingerprint density at radius 3 is 2.57 bits per heavy atom. The van der Waals surface area contributed by atoms with Gasteiger partial charge in [0.05, 0.1) is 17.3 Å². The average molecular weight is 286 g/mol. The highest BCUT2D eigenvalue weighted by Crippen LogP contribution is 2.15. The van der Waals surface area contributed by atoms with E-state index >= 15 is 0 Å². The molecule has 3 N–H and O–H groups in total. The molecule has 0 heterocycles. The van der Waals surface area contributed by atoms with E-state index in [1.54, 1.807) is 18.2 Å². The third kappa shape index (κ3) is 5.20. The van der Waals surface area contributed by atoms with Crippen molar-refractivity contribution in [2.75, 3.05) is 11.9 Å². The molecule has 1 aliphatic rings. The SMILES string of the molecule is N#Cc1ccccc1NC(=O)C[NH2+]C1CCCCCCC1. The molecule has 0 radical (unpaired) electrons. The molecule has 1 aliphatic carbocycles. The van der Waals surface area contributed by atoms with Crippen molar-refractivity contribution < 1.29 is 10.1 Å². The Bertz CT molecular complexity index is 499. The fourth-order valence-electron chi connectivity index (χ4n) is 2.89. The van der Waals surface area contributed by atoms with Crippen LogP contribution in [0.3, 0.4) is 0 Å². The number of nitrogens with one attached hydrogen (secondary N) is 1. The number of carbonyl (C=O) groups excluding carboxylic acids is 1. The van der Waals surface area contributed by atoms with E-state index < -0.39 is 0 Å². The van der Waals surface area contributed by atoms with Crippen LogP contribution in [0.1, 0.15) is 50.5 Å². The van der Waals surface area contributed by atoms with Crippen molar-refractivity contribution in [1.82, 2.24) is 0 Å². The second kappa shape index (κ2) is 8.43. The lowest BCUT2D eigenvalue weighted by Crippen LogP contribution is -2.91. The highest BCUT2D eigenvalue weighted by molar-refractivity contribution is 5.92. The van der Waals surface area contributed by atoms with Crippen molar-refractivity contribution in [2.24, 2.45) is 0 Å². The maximum Gasteiger partial charge on any atom is 0.279 e. The van der Waals surface area contributed by atoms with Gasteiger partial charge in [-0.05, 0) is 37.8 Å². The molecule has 112 valence electrons. The Hall–Kier alpha value is -1.86. The average Bonchev–Trinajstić information content (AvgIpc) is 2.46. The van der Waals surface area contributed by atoms with Crippen molar-refractivity contribution in [2.45, 2.75) is 51.0 Å². The topological polar surface area (TPSA) is 69.5 Å². The first-order valence-corrected chi connectivity index (χ1v) is 7.92. The molecule has 0 aliphatic heterocycles. The molecule has 0 spiro atoms. The Kier molecular flexibility index (Phi) is 6.23. The molecule has 1 fully saturated rings. The molecule has 1 aromatic rings. The number of hydrogen-bond donors (Lipinski definition) is 2. The summed E-state index contributed by atoms with van der Waals surface area (Å²) in [6.45, 7) is 0.435. The lowest BCUT2D eigenvalue weighted by atomic mass is 9.97. The van der Waals surface area contributed by atoms with Crippen LogP contribution in [0, 0.1) is 11.3 Å². The molecule has 4 heteroatoms.